The first-order valence-electron chi connectivity index (χ1n) is 13.1. The summed E-state index contributed by atoms with van der Waals surface area (Å²) in [5, 5.41) is 7.54. The lowest BCUT2D eigenvalue weighted by molar-refractivity contribution is 0.00371. The molecule has 2 atom stereocenters. The Hall–Kier alpha value is -4.68. The minimum Gasteiger partial charge on any atom is -0.444 e. The number of nitrogen functional groups attached to an aromatic ring is 1. The lowest BCUT2D eigenvalue weighted by Gasteiger charge is -2.39. The number of anilines is 2. The van der Waals surface area contributed by atoms with Crippen LogP contribution in [0.2, 0.25) is 0 Å². The van der Waals surface area contributed by atoms with E-state index in [9.17, 15) is 14.0 Å². The Morgan fingerprint density at radius 3 is 2.61 bits per heavy atom. The molecule has 0 radical (unpaired) electrons. The molecule has 0 spiro atoms. The van der Waals surface area contributed by atoms with E-state index in [-0.39, 0.29) is 40.5 Å². The number of hydrogen-bond acceptors (Lipinski definition) is 8. The van der Waals surface area contributed by atoms with Gasteiger partial charge in [0.1, 0.15) is 40.9 Å². The second-order valence-electron chi connectivity index (χ2n) is 10.9. The summed E-state index contributed by atoms with van der Waals surface area (Å²) in [4.78, 5) is 39.6. The number of likely N-dealkylation sites (tertiary alicyclic amines) is 1. The van der Waals surface area contributed by atoms with Crippen molar-refractivity contribution in [2.24, 2.45) is 0 Å². The highest BCUT2D eigenvalue weighted by atomic mass is 19.1. The Balaban J connectivity index is 1.49. The molecular formula is C28H30F2N8O3. The van der Waals surface area contributed by atoms with E-state index in [1.54, 1.807) is 9.58 Å². The molecule has 4 heterocycles. The molecule has 5 rings (SSSR count). The van der Waals surface area contributed by atoms with E-state index in [1.807, 2.05) is 27.7 Å². The van der Waals surface area contributed by atoms with Gasteiger partial charge in [-0.15, -0.1) is 0 Å². The van der Waals surface area contributed by atoms with E-state index in [1.165, 1.54) is 24.7 Å². The van der Waals surface area contributed by atoms with Crippen LogP contribution in [0.25, 0.3) is 22.3 Å². The highest BCUT2D eigenvalue weighted by Crippen LogP contribution is 2.37. The summed E-state index contributed by atoms with van der Waals surface area (Å²) in [5.41, 5.74) is 6.27. The number of aromatic nitrogens is 5. The first-order chi connectivity index (χ1) is 19.4. The molecule has 3 N–H and O–H groups in total. The van der Waals surface area contributed by atoms with Crippen LogP contribution < -0.4 is 11.1 Å². The number of hydrogen-bond donors (Lipinski definition) is 2. The van der Waals surface area contributed by atoms with Gasteiger partial charge in [0.2, 0.25) is 0 Å². The molecule has 1 aliphatic rings. The zero-order chi connectivity index (χ0) is 29.5. The number of rotatable bonds is 4. The lowest BCUT2D eigenvalue weighted by atomic mass is 9.98. The monoisotopic (exact) mass is 564 g/mol. The summed E-state index contributed by atoms with van der Waals surface area (Å²) in [6.45, 7) is 7.87. The fourth-order valence-corrected chi connectivity index (χ4v) is 4.95. The minimum absolute atomic E-state index is 0.000762. The average Bonchev–Trinajstić information content (AvgIpc) is 3.28. The highest BCUT2D eigenvalue weighted by molar-refractivity contribution is 6.04. The molecule has 1 unspecified atom stereocenters. The molecule has 214 valence electrons. The van der Waals surface area contributed by atoms with Gasteiger partial charge in [-0.2, -0.15) is 5.10 Å². The van der Waals surface area contributed by atoms with Gasteiger partial charge in [0.05, 0.1) is 17.5 Å². The maximum atomic E-state index is 15.6. The Morgan fingerprint density at radius 2 is 1.90 bits per heavy atom. The van der Waals surface area contributed by atoms with Crippen molar-refractivity contribution in [2.45, 2.75) is 58.2 Å². The number of ether oxygens (including phenoxy) is 1. The molecule has 0 saturated carbocycles. The molecule has 1 fully saturated rings. The molecule has 3 aromatic heterocycles. The molecule has 0 bridgehead atoms. The molecule has 1 aliphatic heterocycles. The van der Waals surface area contributed by atoms with E-state index >= 15 is 4.39 Å². The van der Waals surface area contributed by atoms with E-state index in [2.05, 4.69) is 20.3 Å². The Morgan fingerprint density at radius 1 is 1.12 bits per heavy atom. The van der Waals surface area contributed by atoms with Crippen LogP contribution in [0.15, 0.2) is 42.9 Å². The Bertz CT molecular complexity index is 1630. The lowest BCUT2D eigenvalue weighted by Crippen LogP contribution is -2.49. The number of nitrogens with zero attached hydrogens (tertiary/aromatic N) is 6. The van der Waals surface area contributed by atoms with Crippen molar-refractivity contribution < 1.29 is 23.1 Å². The van der Waals surface area contributed by atoms with Gasteiger partial charge in [-0.25, -0.2) is 33.2 Å². The number of carbonyl (C=O) groups is 2. The third-order valence-corrected chi connectivity index (χ3v) is 6.86. The normalized spacial score (nSPS) is 17.5. The molecule has 1 saturated heterocycles. The van der Waals surface area contributed by atoms with Crippen molar-refractivity contribution in [2.75, 3.05) is 17.6 Å². The van der Waals surface area contributed by atoms with Crippen LogP contribution in [0, 0.1) is 11.6 Å². The second kappa shape index (κ2) is 10.7. The SMILES string of the molecule is C[C@@H]1C(n2nc(-c3ccc(C(=O)Nc4cc(F)ccn4)cc3F)c3c(N)ncnc32)CCCN1C(=O)OC(C)(C)C. The number of piperidine rings is 1. The number of nitrogens with one attached hydrogen (secondary N) is 1. The van der Waals surface area contributed by atoms with Gasteiger partial charge >= 0.3 is 6.09 Å². The first-order valence-corrected chi connectivity index (χ1v) is 13.1. The number of amides is 2. The van der Waals surface area contributed by atoms with Gasteiger partial charge < -0.3 is 20.7 Å². The number of benzene rings is 1. The Kier molecular flexibility index (Phi) is 7.28. The zero-order valence-corrected chi connectivity index (χ0v) is 23.1. The fourth-order valence-electron chi connectivity index (χ4n) is 4.95. The number of carbonyl (C=O) groups excluding carboxylic acids is 2. The van der Waals surface area contributed by atoms with Gasteiger partial charge in [-0.3, -0.25) is 4.79 Å². The summed E-state index contributed by atoms with van der Waals surface area (Å²) >= 11 is 0. The standard InChI is InChI=1S/C28H30F2N8O3/c1-15-20(6-5-11-37(15)27(40)41-28(2,3)4)38-25-22(24(31)33-14-34-25)23(36-38)18-8-7-16(12-19(18)30)26(39)35-21-13-17(29)9-10-32-21/h7-10,12-15,20H,5-6,11H2,1-4H3,(H2,31,33,34)(H,32,35,39)/t15-,20?/m1/s1. The highest BCUT2D eigenvalue weighted by Gasteiger charge is 2.37. The Labute approximate surface area is 234 Å². The summed E-state index contributed by atoms with van der Waals surface area (Å²) < 4.78 is 36.3. The molecule has 13 heteroatoms. The van der Waals surface area contributed by atoms with Crippen LogP contribution in [0.5, 0.6) is 0 Å². The number of fused-ring (bicyclic) bond motifs is 1. The molecule has 11 nitrogen and oxygen atoms in total. The topological polar surface area (TPSA) is 141 Å². The van der Waals surface area contributed by atoms with E-state index in [0.29, 0.717) is 30.4 Å². The van der Waals surface area contributed by atoms with Crippen LogP contribution in [0.3, 0.4) is 0 Å². The fraction of sp³-hybridized carbons (Fsp3) is 0.357. The van der Waals surface area contributed by atoms with Gasteiger partial charge in [0.25, 0.3) is 5.91 Å². The summed E-state index contributed by atoms with van der Waals surface area (Å²) in [6.07, 6.45) is 3.49. The van der Waals surface area contributed by atoms with Gasteiger partial charge in [0, 0.05) is 29.9 Å². The van der Waals surface area contributed by atoms with Gasteiger partial charge in [-0.05, 0) is 64.8 Å². The summed E-state index contributed by atoms with van der Waals surface area (Å²) in [5.74, 6) is -1.85. The first kappa shape index (κ1) is 27.9. The predicted octanol–water partition coefficient (Wildman–Crippen LogP) is 4.96. The molecule has 2 amide bonds. The summed E-state index contributed by atoms with van der Waals surface area (Å²) in [6, 6.07) is 5.49. The maximum Gasteiger partial charge on any atom is 0.410 e. The maximum absolute atomic E-state index is 15.6. The van der Waals surface area contributed by atoms with Crippen LogP contribution in [-0.4, -0.2) is 59.8 Å². The molecule has 0 aliphatic carbocycles. The molecule has 41 heavy (non-hydrogen) atoms. The van der Waals surface area contributed by atoms with Crippen molar-refractivity contribution in [3.8, 4) is 11.3 Å². The third kappa shape index (κ3) is 5.65. The molecule has 4 aromatic rings. The van der Waals surface area contributed by atoms with Gasteiger partial charge in [0.15, 0.2) is 5.65 Å². The van der Waals surface area contributed by atoms with E-state index in [4.69, 9.17) is 15.6 Å². The molecular weight excluding hydrogens is 534 g/mol. The van der Waals surface area contributed by atoms with E-state index < -0.39 is 29.2 Å². The van der Waals surface area contributed by atoms with Crippen LogP contribution in [0.1, 0.15) is 56.9 Å². The minimum atomic E-state index is -0.730. The largest absolute Gasteiger partial charge is 0.444 e. The summed E-state index contributed by atoms with van der Waals surface area (Å²) in [7, 11) is 0. The van der Waals surface area contributed by atoms with Crippen LogP contribution in [0.4, 0.5) is 25.2 Å². The van der Waals surface area contributed by atoms with Crippen LogP contribution in [-0.2, 0) is 4.74 Å². The number of halogens is 2. The third-order valence-electron chi connectivity index (χ3n) is 6.86. The predicted molar refractivity (Wildman–Crippen MR) is 148 cm³/mol. The van der Waals surface area contributed by atoms with Crippen molar-refractivity contribution in [3.05, 3.63) is 60.1 Å². The quantitative estimate of drug-likeness (QED) is 0.354. The van der Waals surface area contributed by atoms with Gasteiger partial charge in [-0.1, -0.05) is 0 Å². The second-order valence-corrected chi connectivity index (χ2v) is 10.9. The molecule has 1 aromatic carbocycles. The zero-order valence-electron chi connectivity index (χ0n) is 23.1. The van der Waals surface area contributed by atoms with Crippen LogP contribution >= 0.6 is 0 Å². The smallest absolute Gasteiger partial charge is 0.410 e. The van der Waals surface area contributed by atoms with Crippen molar-refractivity contribution in [1.29, 1.82) is 0 Å². The van der Waals surface area contributed by atoms with E-state index in [0.717, 1.165) is 18.2 Å². The number of nitrogens with two attached hydrogens (primary N) is 1. The van der Waals surface area contributed by atoms with Crippen molar-refractivity contribution >= 4 is 34.7 Å². The van der Waals surface area contributed by atoms with Crippen molar-refractivity contribution in [3.63, 3.8) is 0 Å². The van der Waals surface area contributed by atoms with Crippen molar-refractivity contribution in [1.82, 2.24) is 29.6 Å². The number of pyridine rings is 1. The average molecular weight is 565 g/mol.